The minimum absolute atomic E-state index is 0.0999. The van der Waals surface area contributed by atoms with Crippen LogP contribution in [0.15, 0.2) is 12.1 Å². The van der Waals surface area contributed by atoms with Gasteiger partial charge in [-0.1, -0.05) is 23.2 Å². The summed E-state index contributed by atoms with van der Waals surface area (Å²) in [5.41, 5.74) is 0.437. The number of benzene rings is 1. The first-order chi connectivity index (χ1) is 7.70. The van der Waals surface area contributed by atoms with Crippen molar-refractivity contribution in [2.45, 2.75) is 12.5 Å². The van der Waals surface area contributed by atoms with Crippen molar-refractivity contribution in [1.82, 2.24) is 5.32 Å². The highest BCUT2D eigenvalue weighted by atomic mass is 35.5. The van der Waals surface area contributed by atoms with E-state index in [0.717, 1.165) is 19.5 Å². The smallest absolute Gasteiger partial charge is 0.157 e. The van der Waals surface area contributed by atoms with Gasteiger partial charge in [0.2, 0.25) is 0 Å². The van der Waals surface area contributed by atoms with E-state index in [1.54, 1.807) is 12.1 Å². The Balaban J connectivity index is 2.23. The molecule has 0 bridgehead atoms. The maximum Gasteiger partial charge on any atom is 0.157 e. The van der Waals surface area contributed by atoms with Crippen LogP contribution in [0.4, 0.5) is 0 Å². The lowest BCUT2D eigenvalue weighted by Crippen LogP contribution is -2.19. The number of nitrogens with one attached hydrogen (secondary N) is 1. The minimum atomic E-state index is 0.0999. The molecule has 1 fully saturated rings. The van der Waals surface area contributed by atoms with Crippen LogP contribution in [0.1, 0.15) is 12.0 Å². The number of halogens is 2. The lowest BCUT2D eigenvalue weighted by atomic mass is 10.2. The van der Waals surface area contributed by atoms with Crippen molar-refractivity contribution in [3.05, 3.63) is 27.7 Å². The SMILES string of the molecule is N#Cc1cc(Cl)c(OC2CCNC2)c(Cl)c1. The molecule has 1 N–H and O–H groups in total. The number of hydrogen-bond donors (Lipinski definition) is 1. The van der Waals surface area contributed by atoms with Crippen LogP contribution in [0.5, 0.6) is 5.75 Å². The van der Waals surface area contributed by atoms with Crippen molar-refractivity contribution in [3.8, 4) is 11.8 Å². The molecule has 1 atom stereocenters. The van der Waals surface area contributed by atoms with Crippen molar-refractivity contribution < 1.29 is 4.74 Å². The van der Waals surface area contributed by atoms with Gasteiger partial charge in [-0.05, 0) is 25.1 Å². The van der Waals surface area contributed by atoms with E-state index in [0.29, 0.717) is 21.4 Å². The summed E-state index contributed by atoms with van der Waals surface area (Å²) in [4.78, 5) is 0. The lowest BCUT2D eigenvalue weighted by Gasteiger charge is -2.15. The van der Waals surface area contributed by atoms with Crippen LogP contribution in [-0.4, -0.2) is 19.2 Å². The summed E-state index contributed by atoms with van der Waals surface area (Å²) in [5, 5.41) is 12.7. The molecule has 0 radical (unpaired) electrons. The Kier molecular flexibility index (Phi) is 3.55. The maximum atomic E-state index is 8.74. The Morgan fingerprint density at radius 2 is 2.06 bits per heavy atom. The zero-order valence-electron chi connectivity index (χ0n) is 8.46. The van der Waals surface area contributed by atoms with Crippen molar-refractivity contribution in [2.75, 3.05) is 13.1 Å². The predicted octanol–water partition coefficient (Wildman–Crippen LogP) is 2.61. The predicted molar refractivity (Wildman–Crippen MR) is 63.1 cm³/mol. The van der Waals surface area contributed by atoms with Gasteiger partial charge in [-0.2, -0.15) is 5.26 Å². The monoisotopic (exact) mass is 256 g/mol. The Morgan fingerprint density at radius 1 is 1.38 bits per heavy atom. The highest BCUT2D eigenvalue weighted by Gasteiger charge is 2.19. The molecule has 1 aromatic rings. The van der Waals surface area contributed by atoms with E-state index >= 15 is 0 Å². The number of ether oxygens (including phenoxy) is 1. The minimum Gasteiger partial charge on any atom is -0.486 e. The molecule has 1 heterocycles. The molecule has 1 aliphatic heterocycles. The van der Waals surface area contributed by atoms with E-state index in [1.807, 2.05) is 6.07 Å². The van der Waals surface area contributed by atoms with Gasteiger partial charge in [0.15, 0.2) is 5.75 Å². The van der Waals surface area contributed by atoms with Gasteiger partial charge in [0, 0.05) is 6.54 Å². The number of rotatable bonds is 2. The largest absolute Gasteiger partial charge is 0.486 e. The molecule has 1 aliphatic rings. The van der Waals surface area contributed by atoms with Crippen LogP contribution in [0.3, 0.4) is 0 Å². The first kappa shape index (κ1) is 11.5. The molecular formula is C11H10Cl2N2O. The Bertz CT molecular complexity index is 413. The molecule has 1 unspecified atom stereocenters. The van der Waals surface area contributed by atoms with Gasteiger partial charge in [-0.15, -0.1) is 0 Å². The molecule has 84 valence electrons. The quantitative estimate of drug-likeness (QED) is 0.885. The molecule has 2 rings (SSSR count). The molecule has 1 saturated heterocycles. The molecule has 3 nitrogen and oxygen atoms in total. The van der Waals surface area contributed by atoms with Crippen molar-refractivity contribution in [3.63, 3.8) is 0 Å². The fourth-order valence-corrected chi connectivity index (χ4v) is 2.21. The molecule has 0 saturated carbocycles. The van der Waals surface area contributed by atoms with Gasteiger partial charge < -0.3 is 10.1 Å². The fraction of sp³-hybridized carbons (Fsp3) is 0.364. The van der Waals surface area contributed by atoms with Crippen molar-refractivity contribution in [1.29, 1.82) is 5.26 Å². The van der Waals surface area contributed by atoms with Gasteiger partial charge in [-0.25, -0.2) is 0 Å². The van der Waals surface area contributed by atoms with E-state index in [2.05, 4.69) is 5.32 Å². The van der Waals surface area contributed by atoms with E-state index in [9.17, 15) is 0 Å². The van der Waals surface area contributed by atoms with Crippen LogP contribution >= 0.6 is 23.2 Å². The van der Waals surface area contributed by atoms with Gasteiger partial charge in [0.1, 0.15) is 6.10 Å². The van der Waals surface area contributed by atoms with Gasteiger partial charge in [0.05, 0.1) is 21.7 Å². The molecule has 0 spiro atoms. The van der Waals surface area contributed by atoms with Crippen LogP contribution in [-0.2, 0) is 0 Å². The Morgan fingerprint density at radius 3 is 2.56 bits per heavy atom. The molecular weight excluding hydrogens is 247 g/mol. The summed E-state index contributed by atoms with van der Waals surface area (Å²) in [6.07, 6.45) is 1.04. The molecule has 5 heteroatoms. The van der Waals surface area contributed by atoms with E-state index < -0.39 is 0 Å². The standard InChI is InChI=1S/C11H10Cl2N2O/c12-9-3-7(5-14)4-10(13)11(9)16-8-1-2-15-6-8/h3-4,8,15H,1-2,6H2. The van der Waals surface area contributed by atoms with E-state index in [1.165, 1.54) is 0 Å². The zero-order valence-corrected chi connectivity index (χ0v) is 9.98. The summed E-state index contributed by atoms with van der Waals surface area (Å²) in [5.74, 6) is 0.469. The first-order valence-electron chi connectivity index (χ1n) is 4.97. The van der Waals surface area contributed by atoms with Crippen LogP contribution < -0.4 is 10.1 Å². The molecule has 0 aromatic heterocycles. The second kappa shape index (κ2) is 4.92. The average molecular weight is 257 g/mol. The van der Waals surface area contributed by atoms with Crippen LogP contribution in [0.25, 0.3) is 0 Å². The number of hydrogen-bond acceptors (Lipinski definition) is 3. The highest BCUT2D eigenvalue weighted by Crippen LogP contribution is 2.35. The summed E-state index contributed by atoms with van der Waals surface area (Å²) in [6, 6.07) is 5.11. The molecule has 1 aromatic carbocycles. The third kappa shape index (κ3) is 2.41. The van der Waals surface area contributed by atoms with Crippen LogP contribution in [0, 0.1) is 11.3 Å². The summed E-state index contributed by atoms with van der Waals surface area (Å²) >= 11 is 12.0. The van der Waals surface area contributed by atoms with Gasteiger partial charge >= 0.3 is 0 Å². The highest BCUT2D eigenvalue weighted by molar-refractivity contribution is 6.37. The normalized spacial score (nSPS) is 19.4. The lowest BCUT2D eigenvalue weighted by molar-refractivity contribution is 0.223. The zero-order chi connectivity index (χ0) is 11.5. The second-order valence-corrected chi connectivity index (χ2v) is 4.43. The molecule has 0 aliphatic carbocycles. The van der Waals surface area contributed by atoms with Gasteiger partial charge in [-0.3, -0.25) is 0 Å². The van der Waals surface area contributed by atoms with Crippen LogP contribution in [0.2, 0.25) is 10.0 Å². The summed E-state index contributed by atoms with van der Waals surface area (Å²) in [6.45, 7) is 1.74. The first-order valence-corrected chi connectivity index (χ1v) is 5.73. The van der Waals surface area contributed by atoms with E-state index in [-0.39, 0.29) is 6.10 Å². The van der Waals surface area contributed by atoms with Gasteiger partial charge in [0.25, 0.3) is 0 Å². The third-order valence-electron chi connectivity index (χ3n) is 2.43. The topological polar surface area (TPSA) is 45.0 Å². The fourth-order valence-electron chi connectivity index (χ4n) is 1.63. The van der Waals surface area contributed by atoms with E-state index in [4.69, 9.17) is 33.2 Å². The third-order valence-corrected chi connectivity index (χ3v) is 2.99. The van der Waals surface area contributed by atoms with Crippen molar-refractivity contribution >= 4 is 23.2 Å². The number of nitriles is 1. The molecule has 16 heavy (non-hydrogen) atoms. The average Bonchev–Trinajstić information content (AvgIpc) is 2.75. The number of nitrogens with zero attached hydrogens (tertiary/aromatic N) is 1. The Labute approximate surface area is 104 Å². The Hall–Kier alpha value is -0.950. The van der Waals surface area contributed by atoms with Crippen molar-refractivity contribution in [2.24, 2.45) is 0 Å². The second-order valence-electron chi connectivity index (χ2n) is 3.61. The maximum absolute atomic E-state index is 8.74. The molecule has 0 amide bonds. The summed E-state index contributed by atoms with van der Waals surface area (Å²) in [7, 11) is 0. The summed E-state index contributed by atoms with van der Waals surface area (Å²) < 4.78 is 5.70.